The van der Waals surface area contributed by atoms with E-state index in [2.05, 4.69) is 44.2 Å². The minimum atomic E-state index is -0.0749. The van der Waals surface area contributed by atoms with Crippen LogP contribution in [-0.4, -0.2) is 0 Å². The number of hydrogen-bond acceptors (Lipinski definition) is 10. The SMILES string of the molecule is N#CN=c1c(=NC#N)c(=NC#N)c2cc3c4c5cc6ccccc6cc5c(c3cc2c1=NC#N)SS4. The molecule has 0 saturated carbocycles. The van der Waals surface area contributed by atoms with Crippen LogP contribution in [0.4, 0.5) is 0 Å². The van der Waals surface area contributed by atoms with Crippen molar-refractivity contribution in [1.82, 2.24) is 0 Å². The highest BCUT2D eigenvalue weighted by molar-refractivity contribution is 8.77. The van der Waals surface area contributed by atoms with Gasteiger partial charge in [0, 0.05) is 20.6 Å². The number of nitrogens with zero attached hydrogens (tertiary/aromatic N) is 8. The van der Waals surface area contributed by atoms with Crippen LogP contribution in [-0.2, 0) is 0 Å². The molecule has 0 aromatic heterocycles. The van der Waals surface area contributed by atoms with Gasteiger partial charge in [0.1, 0.15) is 21.4 Å². The molecule has 7 rings (SSSR count). The lowest BCUT2D eigenvalue weighted by Crippen LogP contribution is -2.49. The fourth-order valence-electron chi connectivity index (χ4n) is 4.65. The first kappa shape index (κ1) is 21.5. The van der Waals surface area contributed by atoms with E-state index in [1.165, 1.54) is 0 Å². The van der Waals surface area contributed by atoms with Gasteiger partial charge in [-0.3, -0.25) is 0 Å². The number of benzene rings is 5. The van der Waals surface area contributed by atoms with E-state index in [9.17, 15) is 21.0 Å². The number of hydrogen-bond donors (Lipinski definition) is 0. The van der Waals surface area contributed by atoms with Crippen LogP contribution in [0.2, 0.25) is 0 Å². The molecule has 5 aromatic carbocycles. The Morgan fingerprint density at radius 3 is 1.22 bits per heavy atom. The lowest BCUT2D eigenvalue weighted by molar-refractivity contribution is 1.13. The van der Waals surface area contributed by atoms with E-state index in [1.807, 2.05) is 24.3 Å². The van der Waals surface area contributed by atoms with Crippen molar-refractivity contribution in [3.05, 3.63) is 70.0 Å². The van der Waals surface area contributed by atoms with Crippen LogP contribution in [0.25, 0.3) is 43.1 Å². The predicted molar refractivity (Wildman–Crippen MR) is 135 cm³/mol. The highest BCUT2D eigenvalue weighted by atomic mass is 33.1. The molecule has 164 valence electrons. The van der Waals surface area contributed by atoms with E-state index in [-0.39, 0.29) is 21.4 Å². The molecule has 8 nitrogen and oxygen atoms in total. The summed E-state index contributed by atoms with van der Waals surface area (Å²) in [7, 11) is 3.32. The van der Waals surface area contributed by atoms with Gasteiger partial charge in [-0.05, 0) is 56.6 Å². The molecule has 0 saturated heterocycles. The molecule has 10 heteroatoms. The Morgan fingerprint density at radius 2 is 0.833 bits per heavy atom. The minimum absolute atomic E-state index is 0.0749. The standard InChI is InChI=1S/C26H8N8S2/c27-9-31-21-15-7-19-20(8-16(15)22(32-10-28)24(34-12-30)23(21)33-11-29)26-18-6-14-4-2-1-3-13(14)5-17(18)25(19)35-36-26/h1-8H. The molecule has 0 fully saturated rings. The van der Waals surface area contributed by atoms with Gasteiger partial charge in [0.25, 0.3) is 0 Å². The smallest absolute Gasteiger partial charge is 0.171 e. The predicted octanol–water partition coefficient (Wildman–Crippen LogP) is 3.81. The van der Waals surface area contributed by atoms with Gasteiger partial charge in [0.15, 0.2) is 0 Å². The Hall–Kier alpha value is -5.00. The summed E-state index contributed by atoms with van der Waals surface area (Å²) in [5.74, 6) is 0. The zero-order valence-electron chi connectivity index (χ0n) is 18.0. The highest BCUT2D eigenvalue weighted by Gasteiger charge is 2.23. The van der Waals surface area contributed by atoms with Gasteiger partial charge in [0.05, 0.1) is 0 Å². The Labute approximate surface area is 209 Å². The van der Waals surface area contributed by atoms with E-state index in [1.54, 1.807) is 46.4 Å². The molecule has 5 aromatic rings. The topological polar surface area (TPSA) is 145 Å². The van der Waals surface area contributed by atoms with Crippen LogP contribution >= 0.6 is 21.6 Å². The zero-order chi connectivity index (χ0) is 24.8. The minimum Gasteiger partial charge on any atom is -0.171 e. The van der Waals surface area contributed by atoms with E-state index in [0.29, 0.717) is 10.8 Å². The second-order valence-corrected chi connectivity index (χ2v) is 9.90. The number of nitriles is 4. The van der Waals surface area contributed by atoms with Crippen molar-refractivity contribution < 1.29 is 0 Å². The Bertz CT molecular complexity index is 2100. The average Bonchev–Trinajstić information content (AvgIpc) is 2.91. The highest BCUT2D eigenvalue weighted by Crippen LogP contribution is 2.56. The van der Waals surface area contributed by atoms with Gasteiger partial charge in [0.2, 0.25) is 24.8 Å². The molecule has 0 amide bonds. The lowest BCUT2D eigenvalue weighted by Gasteiger charge is -2.22. The van der Waals surface area contributed by atoms with Crippen LogP contribution in [0, 0.1) is 45.8 Å². The molecule has 0 atom stereocenters. The summed E-state index contributed by atoms with van der Waals surface area (Å²) in [5.41, 5.74) is 0. The molecule has 0 unspecified atom stereocenters. The monoisotopic (exact) mass is 496 g/mol. The van der Waals surface area contributed by atoms with E-state index in [4.69, 9.17) is 0 Å². The molecule has 2 aliphatic rings. The summed E-state index contributed by atoms with van der Waals surface area (Å²) < 4.78 is 0. The third kappa shape index (κ3) is 3.00. The summed E-state index contributed by atoms with van der Waals surface area (Å²) in [6.45, 7) is 0. The Balaban J connectivity index is 1.95. The lowest BCUT2D eigenvalue weighted by atomic mass is 9.96. The molecular formula is C26H8N8S2. The van der Waals surface area contributed by atoms with Crippen molar-refractivity contribution in [3.63, 3.8) is 0 Å². The van der Waals surface area contributed by atoms with E-state index < -0.39 is 0 Å². The summed E-state index contributed by atoms with van der Waals surface area (Å²) >= 11 is 0. The first-order valence-corrected chi connectivity index (χ1v) is 12.5. The zero-order valence-corrected chi connectivity index (χ0v) is 19.6. The van der Waals surface area contributed by atoms with Crippen molar-refractivity contribution in [1.29, 1.82) is 21.0 Å². The van der Waals surface area contributed by atoms with Crippen molar-refractivity contribution >= 4 is 64.7 Å². The summed E-state index contributed by atoms with van der Waals surface area (Å²) in [5, 5.41) is 44.9. The molecular weight excluding hydrogens is 488 g/mol. The van der Waals surface area contributed by atoms with Crippen molar-refractivity contribution in [3.8, 4) is 24.8 Å². The maximum Gasteiger partial charge on any atom is 0.206 e. The van der Waals surface area contributed by atoms with Crippen LogP contribution in [0.1, 0.15) is 0 Å². The van der Waals surface area contributed by atoms with Gasteiger partial charge < -0.3 is 0 Å². The van der Waals surface area contributed by atoms with Gasteiger partial charge >= 0.3 is 0 Å². The molecule has 0 spiro atoms. The van der Waals surface area contributed by atoms with E-state index >= 15 is 0 Å². The first-order valence-electron chi connectivity index (χ1n) is 10.4. The Morgan fingerprint density at radius 1 is 0.472 bits per heavy atom. The van der Waals surface area contributed by atoms with Gasteiger partial charge in [-0.2, -0.15) is 41.0 Å². The second-order valence-electron chi connectivity index (χ2n) is 7.75. The normalized spacial score (nSPS) is 14.4. The largest absolute Gasteiger partial charge is 0.206 e. The number of fused-ring (bicyclic) bond motifs is 3. The van der Waals surface area contributed by atoms with Crippen LogP contribution in [0.15, 0.2) is 78.3 Å². The summed E-state index contributed by atoms with van der Waals surface area (Å²) in [6, 6.07) is 16.3. The van der Waals surface area contributed by atoms with E-state index in [0.717, 1.165) is 42.1 Å². The Kier molecular flexibility index (Phi) is 4.99. The van der Waals surface area contributed by atoms with Crippen LogP contribution in [0.3, 0.4) is 0 Å². The van der Waals surface area contributed by atoms with Gasteiger partial charge in [-0.25, -0.2) is 0 Å². The molecule has 36 heavy (non-hydrogen) atoms. The second kappa shape index (κ2) is 8.34. The quantitative estimate of drug-likeness (QED) is 0.181. The number of rotatable bonds is 0. The fraction of sp³-hybridized carbons (Fsp3) is 0. The van der Waals surface area contributed by atoms with Crippen molar-refractivity contribution in [2.24, 2.45) is 20.0 Å². The molecule has 2 aliphatic heterocycles. The third-order valence-corrected chi connectivity index (χ3v) is 8.61. The fourth-order valence-corrected chi connectivity index (χ4v) is 7.43. The third-order valence-electron chi connectivity index (χ3n) is 6.06. The maximum atomic E-state index is 9.41. The average molecular weight is 497 g/mol. The van der Waals surface area contributed by atoms with Crippen molar-refractivity contribution in [2.75, 3.05) is 0 Å². The molecule has 0 radical (unpaired) electrons. The molecule has 0 N–H and O–H groups in total. The maximum absolute atomic E-state index is 9.41. The van der Waals surface area contributed by atoms with Crippen molar-refractivity contribution in [2.45, 2.75) is 9.79 Å². The molecule has 2 heterocycles. The van der Waals surface area contributed by atoms with Crippen LogP contribution < -0.4 is 21.4 Å². The van der Waals surface area contributed by atoms with Crippen LogP contribution in [0.5, 0.6) is 0 Å². The molecule has 2 bridgehead atoms. The van der Waals surface area contributed by atoms with Gasteiger partial charge in [-0.15, -0.1) is 0 Å². The first-order chi connectivity index (χ1) is 17.7. The van der Waals surface area contributed by atoms with Gasteiger partial charge in [-0.1, -0.05) is 45.9 Å². The summed E-state index contributed by atoms with van der Waals surface area (Å²) in [6.07, 6.45) is 6.88. The summed E-state index contributed by atoms with van der Waals surface area (Å²) in [4.78, 5) is 17.6. The molecule has 0 aliphatic carbocycles.